The highest BCUT2D eigenvalue weighted by molar-refractivity contribution is 9.10. The van der Waals surface area contributed by atoms with Gasteiger partial charge in [-0.1, -0.05) is 33.3 Å². The van der Waals surface area contributed by atoms with E-state index in [2.05, 4.69) is 20.9 Å². The number of carbonyl (C=O) groups excluding carboxylic acids is 1. The summed E-state index contributed by atoms with van der Waals surface area (Å²) in [5.41, 5.74) is 2.53. The normalized spacial score (nSPS) is 14.7. The Bertz CT molecular complexity index is 1980. The van der Waals surface area contributed by atoms with E-state index in [1.165, 1.54) is 36.2 Å². The van der Waals surface area contributed by atoms with Gasteiger partial charge in [-0.15, -0.1) is 0 Å². The Balaban J connectivity index is 1.66. The van der Waals surface area contributed by atoms with Crippen LogP contribution in [0.1, 0.15) is 47.1 Å². The average Bonchev–Trinajstić information content (AvgIpc) is 3.56. The molecule has 2 aromatic heterocycles. The third-order valence-corrected chi connectivity index (χ3v) is 8.62. The maximum absolute atomic E-state index is 14.0. The molecule has 0 spiro atoms. The van der Waals surface area contributed by atoms with Crippen molar-refractivity contribution in [1.29, 1.82) is 0 Å². The summed E-state index contributed by atoms with van der Waals surface area (Å²) in [7, 11) is 3.03. The number of fused-ring (bicyclic) bond motifs is 1. The number of methoxy groups -OCH3 is 2. The Morgan fingerprint density at radius 2 is 1.84 bits per heavy atom. The van der Waals surface area contributed by atoms with E-state index in [-0.39, 0.29) is 23.3 Å². The van der Waals surface area contributed by atoms with Crippen molar-refractivity contribution in [2.45, 2.75) is 26.8 Å². The van der Waals surface area contributed by atoms with Gasteiger partial charge in [0.05, 0.1) is 48.2 Å². The van der Waals surface area contributed by atoms with Gasteiger partial charge < -0.3 is 23.7 Å². The molecule has 12 heteroatoms. The van der Waals surface area contributed by atoms with Crippen molar-refractivity contribution in [3.63, 3.8) is 0 Å². The number of ether oxygens (including phenoxy) is 3. The first kappa shape index (κ1) is 30.1. The van der Waals surface area contributed by atoms with E-state index in [0.717, 1.165) is 11.1 Å². The number of hydrogen-bond acceptors (Lipinski definition) is 9. The van der Waals surface area contributed by atoms with E-state index in [4.69, 9.17) is 18.6 Å². The van der Waals surface area contributed by atoms with Crippen LogP contribution in [0.4, 0.5) is 0 Å². The largest absolute Gasteiger partial charge is 0.493 e. The molecule has 0 unspecified atom stereocenters. The topological polar surface area (TPSA) is 130 Å². The molecule has 1 aliphatic rings. The van der Waals surface area contributed by atoms with E-state index >= 15 is 0 Å². The van der Waals surface area contributed by atoms with Gasteiger partial charge in [0.15, 0.2) is 16.3 Å². The first-order valence-corrected chi connectivity index (χ1v) is 14.7. The Kier molecular flexibility index (Phi) is 8.43. The minimum atomic E-state index is -1.01. The van der Waals surface area contributed by atoms with E-state index < -0.39 is 18.0 Å². The predicted octanol–water partition coefficient (Wildman–Crippen LogP) is 4.84. The number of thiazole rings is 1. The Labute approximate surface area is 258 Å². The lowest BCUT2D eigenvalue weighted by atomic mass is 9.95. The van der Waals surface area contributed by atoms with Crippen LogP contribution in [0, 0.1) is 6.92 Å². The molecule has 0 saturated heterocycles. The van der Waals surface area contributed by atoms with Gasteiger partial charge in [0.1, 0.15) is 11.5 Å². The highest BCUT2D eigenvalue weighted by Crippen LogP contribution is 2.40. The Hall–Kier alpha value is -4.42. The number of nitrogens with zero attached hydrogens (tertiary/aromatic N) is 2. The number of aromatic nitrogens is 1. The summed E-state index contributed by atoms with van der Waals surface area (Å²) in [6.45, 7) is 5.38. The van der Waals surface area contributed by atoms with Gasteiger partial charge in [-0.25, -0.2) is 14.6 Å². The minimum absolute atomic E-state index is 0.152. The van der Waals surface area contributed by atoms with Crippen molar-refractivity contribution in [2.24, 2.45) is 4.99 Å². The second kappa shape index (κ2) is 12.1. The number of benzene rings is 2. The molecule has 43 heavy (non-hydrogen) atoms. The quantitative estimate of drug-likeness (QED) is 0.264. The third kappa shape index (κ3) is 5.55. The number of halogens is 1. The summed E-state index contributed by atoms with van der Waals surface area (Å²) in [6.07, 6.45) is 1.62. The second-order valence-corrected chi connectivity index (χ2v) is 11.4. The lowest BCUT2D eigenvalue weighted by Gasteiger charge is -2.26. The van der Waals surface area contributed by atoms with Crippen LogP contribution in [0.2, 0.25) is 0 Å². The second-order valence-electron chi connectivity index (χ2n) is 9.57. The number of carboxylic acid groups (broad SMARTS) is 1. The summed E-state index contributed by atoms with van der Waals surface area (Å²) in [5.74, 6) is 0.267. The first-order valence-electron chi connectivity index (χ1n) is 13.1. The van der Waals surface area contributed by atoms with Gasteiger partial charge in [0.25, 0.3) is 5.56 Å². The van der Waals surface area contributed by atoms with Crippen molar-refractivity contribution >= 4 is 45.3 Å². The summed E-state index contributed by atoms with van der Waals surface area (Å²) in [5, 5.41) is 9.27. The maximum Gasteiger partial charge on any atom is 0.338 e. The van der Waals surface area contributed by atoms with Gasteiger partial charge in [0.2, 0.25) is 0 Å². The third-order valence-electron chi connectivity index (χ3n) is 6.95. The zero-order chi connectivity index (χ0) is 31.0. The van der Waals surface area contributed by atoms with E-state index in [1.807, 2.05) is 0 Å². The molecular formula is C31H27BrN2O8S. The number of carboxylic acids is 1. The molecule has 3 heterocycles. The Morgan fingerprint density at radius 3 is 2.49 bits per heavy atom. The fourth-order valence-corrected chi connectivity index (χ4v) is 6.51. The standard InChI is InChI=1S/C31H27BrN2O8S/c1-6-41-30(38)26-16(3)33-31-34(27(26)20-13-23(39-4)24(40-5)14-21(20)32)28(35)25(43-31)12-18-8-10-22(42-18)19-9-7-17(29(36)37)11-15(19)2/h7-14,27H,6H2,1-5H3,(H,36,37)/b25-12-/t27-/m0/s1. The van der Waals surface area contributed by atoms with Crippen LogP contribution in [-0.4, -0.2) is 42.4 Å². The van der Waals surface area contributed by atoms with E-state index in [9.17, 15) is 19.5 Å². The van der Waals surface area contributed by atoms with Crippen LogP contribution in [0.15, 0.2) is 72.4 Å². The first-order chi connectivity index (χ1) is 20.6. The SMILES string of the molecule is CCOC(=O)C1=C(C)N=c2s/c(=C\c3ccc(-c4ccc(C(=O)O)cc4C)o3)c(=O)n2[C@H]1c1cc(OC)c(OC)cc1Br. The summed E-state index contributed by atoms with van der Waals surface area (Å²) >= 11 is 4.76. The average molecular weight is 668 g/mol. The molecule has 1 aliphatic heterocycles. The van der Waals surface area contributed by atoms with Gasteiger partial charge in [0, 0.05) is 16.1 Å². The number of aromatic carboxylic acids is 1. The molecule has 0 fully saturated rings. The molecule has 10 nitrogen and oxygen atoms in total. The van der Waals surface area contributed by atoms with Crippen LogP contribution in [-0.2, 0) is 9.53 Å². The smallest absolute Gasteiger partial charge is 0.338 e. The van der Waals surface area contributed by atoms with E-state index in [1.54, 1.807) is 63.2 Å². The number of allylic oxidation sites excluding steroid dienone is 1. The van der Waals surface area contributed by atoms with Gasteiger partial charge in [-0.3, -0.25) is 9.36 Å². The Morgan fingerprint density at radius 1 is 1.12 bits per heavy atom. The molecule has 0 radical (unpaired) electrons. The molecular weight excluding hydrogens is 640 g/mol. The molecule has 2 aromatic carbocycles. The molecule has 1 atom stereocenters. The molecule has 5 rings (SSSR count). The lowest BCUT2D eigenvalue weighted by molar-refractivity contribution is -0.139. The highest BCUT2D eigenvalue weighted by Gasteiger charge is 2.35. The fraction of sp³-hybridized carbons (Fsp3) is 0.226. The zero-order valence-electron chi connectivity index (χ0n) is 23.9. The number of aryl methyl sites for hydroxylation is 1. The summed E-state index contributed by atoms with van der Waals surface area (Å²) in [6, 6.07) is 10.9. The molecule has 1 N–H and O–H groups in total. The highest BCUT2D eigenvalue weighted by atomic mass is 79.9. The van der Waals surface area contributed by atoms with Gasteiger partial charge in [-0.05, 0) is 68.3 Å². The number of esters is 1. The van der Waals surface area contributed by atoms with Crippen molar-refractivity contribution in [2.75, 3.05) is 20.8 Å². The van der Waals surface area contributed by atoms with Crippen LogP contribution in [0.5, 0.6) is 11.5 Å². The summed E-state index contributed by atoms with van der Waals surface area (Å²) < 4.78 is 24.8. The molecule has 222 valence electrons. The number of carbonyl (C=O) groups is 2. The minimum Gasteiger partial charge on any atom is -0.493 e. The zero-order valence-corrected chi connectivity index (χ0v) is 26.3. The van der Waals surface area contributed by atoms with Crippen LogP contribution < -0.4 is 24.4 Å². The van der Waals surface area contributed by atoms with Gasteiger partial charge in [-0.2, -0.15) is 0 Å². The van der Waals surface area contributed by atoms with E-state index in [0.29, 0.717) is 48.1 Å². The number of furan rings is 1. The van der Waals surface area contributed by atoms with Crippen LogP contribution in [0.3, 0.4) is 0 Å². The fourth-order valence-electron chi connectivity index (χ4n) is 4.94. The van der Waals surface area contributed by atoms with Crippen molar-refractivity contribution in [1.82, 2.24) is 4.57 Å². The monoisotopic (exact) mass is 666 g/mol. The number of hydrogen-bond donors (Lipinski definition) is 1. The lowest BCUT2D eigenvalue weighted by Crippen LogP contribution is -2.40. The molecule has 0 amide bonds. The van der Waals surface area contributed by atoms with Crippen molar-refractivity contribution in [3.8, 4) is 22.8 Å². The van der Waals surface area contributed by atoms with Crippen molar-refractivity contribution < 1.29 is 33.3 Å². The summed E-state index contributed by atoms with van der Waals surface area (Å²) in [4.78, 5) is 43.6. The molecule has 0 aliphatic carbocycles. The van der Waals surface area contributed by atoms with Gasteiger partial charge >= 0.3 is 11.9 Å². The number of rotatable bonds is 8. The molecule has 0 saturated carbocycles. The van der Waals surface area contributed by atoms with Crippen LogP contribution >= 0.6 is 27.3 Å². The molecule has 4 aromatic rings. The molecule has 0 bridgehead atoms. The maximum atomic E-state index is 14.0. The van der Waals surface area contributed by atoms with Crippen LogP contribution in [0.25, 0.3) is 17.4 Å². The van der Waals surface area contributed by atoms with Crippen molar-refractivity contribution in [3.05, 3.63) is 100 Å². The predicted molar refractivity (Wildman–Crippen MR) is 163 cm³/mol.